The number of hydrogen-bond donors (Lipinski definition) is 2. The van der Waals surface area contributed by atoms with Crippen LogP contribution in [-0.2, 0) is 9.53 Å². The summed E-state index contributed by atoms with van der Waals surface area (Å²) >= 11 is 1.55. The molecule has 2 rings (SSSR count). The van der Waals surface area contributed by atoms with Crippen molar-refractivity contribution < 1.29 is 14.3 Å². The Morgan fingerprint density at radius 1 is 1.35 bits per heavy atom. The molecule has 1 heterocycles. The number of nitrogens with zero attached hydrogens (tertiary/aromatic N) is 1. The minimum Gasteiger partial charge on any atom is -0.453 e. The number of benzene rings is 1. The highest BCUT2D eigenvalue weighted by molar-refractivity contribution is 7.17. The molecule has 23 heavy (non-hydrogen) atoms. The minimum absolute atomic E-state index is 0.131. The van der Waals surface area contributed by atoms with Crippen molar-refractivity contribution in [1.82, 2.24) is 10.6 Å². The van der Waals surface area contributed by atoms with E-state index in [4.69, 9.17) is 5.26 Å². The minimum atomic E-state index is -0.584. The summed E-state index contributed by atoms with van der Waals surface area (Å²) in [4.78, 5) is 23.8. The normalized spacial score (nSPS) is 11.5. The van der Waals surface area contributed by atoms with E-state index in [1.54, 1.807) is 11.3 Å². The Morgan fingerprint density at radius 2 is 2.13 bits per heavy atom. The molecular weight excluding hydrogens is 314 g/mol. The van der Waals surface area contributed by atoms with Crippen LogP contribution in [0.4, 0.5) is 4.79 Å². The molecule has 0 saturated carbocycles. The number of hydrogen-bond acceptors (Lipinski definition) is 5. The van der Waals surface area contributed by atoms with Gasteiger partial charge in [0.25, 0.3) is 0 Å². The maximum atomic E-state index is 12.5. The zero-order valence-electron chi connectivity index (χ0n) is 12.7. The molecular formula is C16H17N3O3S. The number of alkyl carbamates (subject to hydrolysis) is 1. The predicted octanol–water partition coefficient (Wildman–Crippen LogP) is 2.37. The van der Waals surface area contributed by atoms with Crippen molar-refractivity contribution in [2.24, 2.45) is 0 Å². The molecule has 0 aliphatic carbocycles. The summed E-state index contributed by atoms with van der Waals surface area (Å²) in [6.45, 7) is 0.415. The van der Waals surface area contributed by atoms with Gasteiger partial charge in [-0.2, -0.15) is 5.26 Å². The van der Waals surface area contributed by atoms with Crippen molar-refractivity contribution in [2.75, 3.05) is 20.2 Å². The summed E-state index contributed by atoms with van der Waals surface area (Å²) < 4.78 is 5.64. The van der Waals surface area contributed by atoms with Crippen LogP contribution in [0.15, 0.2) is 29.6 Å². The second-order valence-electron chi connectivity index (χ2n) is 4.81. The number of carbonyl (C=O) groups is 2. The van der Waals surface area contributed by atoms with Crippen LogP contribution in [-0.4, -0.2) is 32.2 Å². The number of carbonyl (C=O) groups excluding carboxylic acids is 2. The van der Waals surface area contributed by atoms with Crippen molar-refractivity contribution in [2.45, 2.75) is 12.3 Å². The summed E-state index contributed by atoms with van der Waals surface area (Å²) in [6.07, 6.45) is -0.341. The quantitative estimate of drug-likeness (QED) is 0.795. The topological polar surface area (TPSA) is 91.2 Å². The van der Waals surface area contributed by atoms with Gasteiger partial charge in [0, 0.05) is 17.8 Å². The van der Waals surface area contributed by atoms with Crippen LogP contribution in [0.1, 0.15) is 17.9 Å². The number of fused-ring (bicyclic) bond motifs is 1. The molecule has 6 nitrogen and oxygen atoms in total. The summed E-state index contributed by atoms with van der Waals surface area (Å²) in [5.41, 5.74) is 0.858. The molecule has 0 aliphatic heterocycles. The van der Waals surface area contributed by atoms with Gasteiger partial charge in [-0.25, -0.2) is 4.79 Å². The van der Waals surface area contributed by atoms with E-state index >= 15 is 0 Å². The first-order valence-corrected chi connectivity index (χ1v) is 7.98. The van der Waals surface area contributed by atoms with Gasteiger partial charge in [-0.1, -0.05) is 18.2 Å². The highest BCUT2D eigenvalue weighted by Gasteiger charge is 2.24. The summed E-state index contributed by atoms with van der Waals surface area (Å²) in [5.74, 6) is -0.760. The van der Waals surface area contributed by atoms with Gasteiger partial charge in [0.1, 0.15) is 0 Å². The van der Waals surface area contributed by atoms with Gasteiger partial charge in [0.2, 0.25) is 5.91 Å². The Morgan fingerprint density at radius 3 is 2.87 bits per heavy atom. The second kappa shape index (κ2) is 8.15. The van der Waals surface area contributed by atoms with Gasteiger partial charge in [-0.15, -0.1) is 11.3 Å². The van der Waals surface area contributed by atoms with Gasteiger partial charge in [-0.3, -0.25) is 4.79 Å². The number of amides is 2. The maximum absolute atomic E-state index is 12.5. The smallest absolute Gasteiger partial charge is 0.406 e. The lowest BCUT2D eigenvalue weighted by Gasteiger charge is -2.16. The van der Waals surface area contributed by atoms with Crippen LogP contribution >= 0.6 is 11.3 Å². The van der Waals surface area contributed by atoms with Gasteiger partial charge in [-0.05, 0) is 22.4 Å². The molecule has 0 aliphatic rings. The van der Waals surface area contributed by atoms with E-state index in [0.717, 1.165) is 15.6 Å². The van der Waals surface area contributed by atoms with Crippen molar-refractivity contribution in [3.63, 3.8) is 0 Å². The number of nitriles is 1. The van der Waals surface area contributed by atoms with Crippen LogP contribution in [0.3, 0.4) is 0 Å². The molecule has 1 aromatic carbocycles. The Hall–Kier alpha value is -2.59. The molecule has 1 aromatic heterocycles. The third kappa shape index (κ3) is 4.20. The average Bonchev–Trinajstić information content (AvgIpc) is 2.99. The average molecular weight is 331 g/mol. The van der Waals surface area contributed by atoms with Crippen molar-refractivity contribution in [3.8, 4) is 6.07 Å². The highest BCUT2D eigenvalue weighted by atomic mass is 32.1. The first-order valence-electron chi connectivity index (χ1n) is 7.10. The Labute approximate surface area is 138 Å². The summed E-state index contributed by atoms with van der Waals surface area (Å²) in [5, 5.41) is 16.8. The summed E-state index contributed by atoms with van der Waals surface area (Å²) in [6, 6.07) is 9.78. The Kier molecular flexibility index (Phi) is 5.94. The molecule has 0 fully saturated rings. The lowest BCUT2D eigenvalue weighted by atomic mass is 9.97. The standard InChI is InChI=1S/C16H17N3O3S/c1-22-16(21)19-9-12(15(20)18-8-4-7-17)13-10-23-14-6-3-2-5-11(13)14/h2-3,5-6,10,12H,4,8-9H2,1H3,(H,18,20)(H,19,21). The molecule has 1 unspecified atom stereocenters. The molecule has 0 saturated heterocycles. The van der Waals surface area contributed by atoms with E-state index in [0.29, 0.717) is 0 Å². The first-order chi connectivity index (χ1) is 11.2. The second-order valence-corrected chi connectivity index (χ2v) is 5.72. The van der Waals surface area contributed by atoms with Crippen LogP contribution in [0.25, 0.3) is 10.1 Å². The fourth-order valence-electron chi connectivity index (χ4n) is 2.23. The van der Waals surface area contributed by atoms with Gasteiger partial charge in [0.15, 0.2) is 0 Å². The van der Waals surface area contributed by atoms with Crippen molar-refractivity contribution in [3.05, 3.63) is 35.2 Å². The van der Waals surface area contributed by atoms with Crippen LogP contribution in [0.2, 0.25) is 0 Å². The number of thiophene rings is 1. The monoisotopic (exact) mass is 331 g/mol. The molecule has 120 valence electrons. The fraction of sp³-hybridized carbons (Fsp3) is 0.312. The highest BCUT2D eigenvalue weighted by Crippen LogP contribution is 2.31. The largest absolute Gasteiger partial charge is 0.453 e. The molecule has 2 aromatic rings. The van der Waals surface area contributed by atoms with Gasteiger partial charge < -0.3 is 15.4 Å². The van der Waals surface area contributed by atoms with Crippen LogP contribution in [0.5, 0.6) is 0 Å². The lowest BCUT2D eigenvalue weighted by Crippen LogP contribution is -2.37. The Bertz CT molecular complexity index is 735. The lowest BCUT2D eigenvalue weighted by molar-refractivity contribution is -0.122. The zero-order chi connectivity index (χ0) is 16.7. The zero-order valence-corrected chi connectivity index (χ0v) is 13.5. The molecule has 2 N–H and O–H groups in total. The first kappa shape index (κ1) is 16.8. The maximum Gasteiger partial charge on any atom is 0.406 e. The van der Waals surface area contributed by atoms with Crippen LogP contribution < -0.4 is 10.6 Å². The van der Waals surface area contributed by atoms with Gasteiger partial charge in [0.05, 0.1) is 25.5 Å². The van der Waals surface area contributed by atoms with Crippen molar-refractivity contribution in [1.29, 1.82) is 5.26 Å². The van der Waals surface area contributed by atoms with E-state index in [1.807, 2.05) is 35.7 Å². The third-order valence-corrected chi connectivity index (χ3v) is 4.36. The predicted molar refractivity (Wildman–Crippen MR) is 88.2 cm³/mol. The van der Waals surface area contributed by atoms with Crippen LogP contribution in [0, 0.1) is 11.3 Å². The fourth-order valence-corrected chi connectivity index (χ4v) is 3.25. The number of ether oxygens (including phenoxy) is 1. The molecule has 0 radical (unpaired) electrons. The molecule has 7 heteroatoms. The SMILES string of the molecule is COC(=O)NCC(C(=O)NCCC#N)c1csc2ccccc12. The van der Waals surface area contributed by atoms with E-state index in [-0.39, 0.29) is 25.4 Å². The number of rotatable bonds is 6. The van der Waals surface area contributed by atoms with E-state index in [9.17, 15) is 9.59 Å². The number of methoxy groups -OCH3 is 1. The Balaban J connectivity index is 2.23. The molecule has 0 spiro atoms. The summed E-state index contributed by atoms with van der Waals surface area (Å²) in [7, 11) is 1.28. The molecule has 2 amide bonds. The van der Waals surface area contributed by atoms with E-state index < -0.39 is 12.0 Å². The molecule has 0 bridgehead atoms. The van der Waals surface area contributed by atoms with Crippen molar-refractivity contribution >= 4 is 33.4 Å². The van der Waals surface area contributed by atoms with Gasteiger partial charge >= 0.3 is 6.09 Å². The number of nitrogens with one attached hydrogen (secondary N) is 2. The molecule has 1 atom stereocenters. The van der Waals surface area contributed by atoms with E-state index in [2.05, 4.69) is 15.4 Å². The third-order valence-electron chi connectivity index (χ3n) is 3.37. The van der Waals surface area contributed by atoms with E-state index in [1.165, 1.54) is 7.11 Å².